The summed E-state index contributed by atoms with van der Waals surface area (Å²) in [6.07, 6.45) is 0. The molecule has 0 atom stereocenters. The summed E-state index contributed by atoms with van der Waals surface area (Å²) in [5, 5.41) is 16.1. The Kier molecular flexibility index (Phi) is 28.0. The van der Waals surface area contributed by atoms with Crippen molar-refractivity contribution in [1.82, 2.24) is 0 Å². The molecule has 0 aromatic heterocycles. The minimum absolute atomic E-state index is 0.346. The monoisotopic (exact) mass is 1360 g/mol. The van der Waals surface area contributed by atoms with E-state index in [9.17, 15) is 0 Å². The molecule has 12 aromatic rings. The summed E-state index contributed by atoms with van der Waals surface area (Å²) >= 11 is -0.346. The number of benzene rings is 12. The number of hydrogen-bond acceptors (Lipinski definition) is 0. The first-order chi connectivity index (χ1) is 43.2. The van der Waals surface area contributed by atoms with Crippen LogP contribution in [0.4, 0.5) is 0 Å². The van der Waals surface area contributed by atoms with E-state index in [0.29, 0.717) is 0 Å². The Morgan fingerprint density at radius 3 is 0.402 bits per heavy atom. The van der Waals surface area contributed by atoms with E-state index in [1.807, 2.05) is 0 Å². The van der Waals surface area contributed by atoms with Crippen LogP contribution in [0.15, 0.2) is 381 Å². The van der Waals surface area contributed by atoms with E-state index in [4.69, 9.17) is 19.4 Å². The Hall–Kier alpha value is -6.36. The van der Waals surface area contributed by atoms with Crippen molar-refractivity contribution in [2.45, 2.75) is 0 Å². The molecule has 0 nitrogen and oxygen atoms in total. The molecule has 0 amide bonds. The Bertz CT molecular complexity index is 2950. The van der Waals surface area contributed by atoms with Crippen molar-refractivity contribution in [3.8, 4) is 0 Å². The molecule has 9 heteroatoms. The van der Waals surface area contributed by atoms with E-state index in [1.54, 1.807) is 0 Å². The van der Waals surface area contributed by atoms with Crippen LogP contribution in [0, 0.1) is 17.5 Å². The van der Waals surface area contributed by atoms with Gasteiger partial charge in [0.1, 0.15) is 0 Å². The Labute approximate surface area is 540 Å². The predicted molar refractivity (Wildman–Crippen MR) is 390 cm³/mol. The molecule has 0 aliphatic rings. The van der Waals surface area contributed by atoms with Crippen molar-refractivity contribution in [2.75, 3.05) is 0 Å². The van der Waals surface area contributed by atoms with Crippen molar-refractivity contribution in [3.05, 3.63) is 399 Å². The predicted octanol–water partition coefficient (Wildman–Crippen LogP) is 18.0. The third-order valence-corrected chi connectivity index (χ3v) is 26.2. The van der Waals surface area contributed by atoms with E-state index in [-0.39, 0.29) is 15.1 Å². The summed E-state index contributed by atoms with van der Waals surface area (Å²) in [6.45, 7) is 0. The van der Waals surface area contributed by atoms with Crippen LogP contribution < -0.4 is 63.7 Å². The van der Waals surface area contributed by atoms with Gasteiger partial charge < -0.3 is 17.5 Å². The quantitative estimate of drug-likeness (QED) is 0.0456. The van der Waals surface area contributed by atoms with Gasteiger partial charge in [0.2, 0.25) is 0 Å². The van der Waals surface area contributed by atoms with E-state index < -0.39 is 47.5 Å². The molecule has 0 saturated carbocycles. The molecule has 0 saturated heterocycles. The van der Waals surface area contributed by atoms with Crippen LogP contribution in [0.25, 0.3) is 0 Å². The van der Waals surface area contributed by atoms with Crippen LogP contribution in [-0.4, -0.2) is 0 Å². The SMILES string of the molecule is [C-](=CP(c1ccccc1)c1ccccc1)P(c1ccccc1)c1ccccc1.[C-](=CP(c1ccccc1)c1ccccc1)P(c1ccccc1)c1ccccc1.[C-](=CP(c1ccccc1)c1ccccc1)P(c1ccccc1)c1ccccc1.[Cl][Ru][Cl]. The molecular weight excluding hydrogens is 1290 g/mol. The first-order valence-electron chi connectivity index (χ1n) is 28.2. The fourth-order valence-electron chi connectivity index (χ4n) is 9.13. The fourth-order valence-corrected chi connectivity index (χ4v) is 21.3. The first kappa shape index (κ1) is 65.1. The van der Waals surface area contributed by atoms with Crippen LogP contribution in [0.2, 0.25) is 0 Å². The van der Waals surface area contributed by atoms with E-state index in [0.717, 1.165) is 0 Å². The molecule has 430 valence electrons. The molecule has 12 rings (SSSR count). The summed E-state index contributed by atoms with van der Waals surface area (Å²) in [7, 11) is 6.00. The molecule has 0 radical (unpaired) electrons. The van der Waals surface area contributed by atoms with Crippen LogP contribution in [0.5, 0.6) is 0 Å². The summed E-state index contributed by atoms with van der Waals surface area (Å²) in [5.74, 6) is 18.4. The second kappa shape index (κ2) is 37.5. The number of halogens is 2. The van der Waals surface area contributed by atoms with Gasteiger partial charge in [-0.1, -0.05) is 388 Å². The summed E-state index contributed by atoms with van der Waals surface area (Å²) in [4.78, 5) is 0. The second-order valence-electron chi connectivity index (χ2n) is 19.0. The van der Waals surface area contributed by atoms with Crippen molar-refractivity contribution in [1.29, 1.82) is 0 Å². The Balaban J connectivity index is 0.000000152. The average molecular weight is 1360 g/mol. The van der Waals surface area contributed by atoms with Gasteiger partial charge >= 0.3 is 34.5 Å². The maximum atomic E-state index is 4.85. The topological polar surface area (TPSA) is 0 Å². The molecular formula is C78H63Cl2P6Ru-3. The maximum absolute atomic E-state index is 4.85. The zero-order chi connectivity index (χ0) is 59.8. The van der Waals surface area contributed by atoms with Crippen LogP contribution in [-0.2, 0) is 15.1 Å². The molecule has 0 N–H and O–H groups in total. The van der Waals surface area contributed by atoms with Gasteiger partial charge in [0.15, 0.2) is 0 Å². The van der Waals surface area contributed by atoms with Gasteiger partial charge in [-0.3, -0.25) is 0 Å². The molecule has 0 heterocycles. The average Bonchev–Trinajstić information content (AvgIpc) is 3.73. The van der Waals surface area contributed by atoms with Gasteiger partial charge in [-0.25, -0.2) is 41.2 Å². The molecule has 0 spiro atoms. The normalized spacial score (nSPS) is 11.2. The van der Waals surface area contributed by atoms with Gasteiger partial charge in [-0.2, -0.15) is 0 Å². The number of rotatable bonds is 18. The van der Waals surface area contributed by atoms with Crippen LogP contribution in [0.1, 0.15) is 0 Å². The minimum atomic E-state index is -0.653. The van der Waals surface area contributed by atoms with Crippen molar-refractivity contribution < 1.29 is 15.1 Å². The zero-order valence-corrected chi connectivity index (χ0v) is 56.3. The molecule has 12 aromatic carbocycles. The Morgan fingerprint density at radius 1 is 0.184 bits per heavy atom. The van der Waals surface area contributed by atoms with E-state index in [2.05, 4.69) is 399 Å². The fraction of sp³-hybridized carbons (Fsp3) is 0. The second-order valence-corrected chi connectivity index (χ2v) is 33.6. The molecule has 0 aliphatic carbocycles. The molecule has 0 bridgehead atoms. The van der Waals surface area contributed by atoms with Gasteiger partial charge in [0.25, 0.3) is 0 Å². The van der Waals surface area contributed by atoms with Gasteiger partial charge in [-0.15, -0.1) is 0 Å². The van der Waals surface area contributed by atoms with Gasteiger partial charge in [-0.05, 0) is 63.7 Å². The third-order valence-electron chi connectivity index (χ3n) is 13.2. The molecule has 0 aliphatic heterocycles. The Morgan fingerprint density at radius 2 is 0.287 bits per heavy atom. The van der Waals surface area contributed by atoms with E-state index in [1.165, 1.54) is 63.7 Å². The summed E-state index contributed by atoms with van der Waals surface area (Å²) < 4.78 is 0. The van der Waals surface area contributed by atoms with Crippen molar-refractivity contribution >= 4 is 131 Å². The molecule has 87 heavy (non-hydrogen) atoms. The standard InChI is InChI=1S/3C26H21P2.2ClH.Ru/c3*1-5-13-23(14-6-1)27(24-15-7-2-8-16-24)21-22-28(25-17-9-3-10-18-25)26-19-11-4-12-20-26;;;/h3*1-21H;2*1H;/q3*-1;;;+2/p-2. The van der Waals surface area contributed by atoms with Gasteiger partial charge in [0.05, 0.1) is 0 Å². The summed E-state index contributed by atoms with van der Waals surface area (Å²) in [6, 6.07) is 129. The summed E-state index contributed by atoms with van der Waals surface area (Å²) in [5.41, 5.74) is 0. The van der Waals surface area contributed by atoms with Crippen molar-refractivity contribution in [2.24, 2.45) is 0 Å². The first-order valence-corrected chi connectivity index (χ1v) is 40.9. The van der Waals surface area contributed by atoms with Crippen LogP contribution in [0.3, 0.4) is 0 Å². The van der Waals surface area contributed by atoms with Crippen LogP contribution >= 0.6 is 66.9 Å². The zero-order valence-electron chi connectivity index (χ0n) is 47.7. The molecule has 0 unspecified atom stereocenters. The third kappa shape index (κ3) is 20.6. The molecule has 0 fully saturated rings. The van der Waals surface area contributed by atoms with Gasteiger partial charge in [0, 0.05) is 0 Å². The van der Waals surface area contributed by atoms with E-state index >= 15 is 0 Å². The number of hydrogen-bond donors (Lipinski definition) is 0. The van der Waals surface area contributed by atoms with Crippen molar-refractivity contribution in [3.63, 3.8) is 0 Å².